The van der Waals surface area contributed by atoms with E-state index in [0.29, 0.717) is 42.7 Å². The molecule has 2 aromatic rings. The van der Waals surface area contributed by atoms with Gasteiger partial charge in [-0.25, -0.2) is 19.3 Å². The summed E-state index contributed by atoms with van der Waals surface area (Å²) in [5.41, 5.74) is 6.16. The second-order valence-electron chi connectivity index (χ2n) is 10.2. The van der Waals surface area contributed by atoms with E-state index in [2.05, 4.69) is 35.9 Å². The molecular formula is C25H33N11O7S3. The maximum Gasteiger partial charge on any atom is 0.409 e. The molecule has 2 aromatic heterocycles. The largest absolute Gasteiger partial charge is 0.477 e. The normalized spacial score (nSPS) is 20.3. The van der Waals surface area contributed by atoms with Crippen LogP contribution in [-0.4, -0.2) is 144 Å². The first-order valence-corrected chi connectivity index (χ1v) is 17.2. The fourth-order valence-electron chi connectivity index (χ4n) is 5.10. The van der Waals surface area contributed by atoms with Gasteiger partial charge in [0.1, 0.15) is 29.9 Å². The fraction of sp³-hybridized carbons (Fsp3) is 0.560. The van der Waals surface area contributed by atoms with Crippen LogP contribution in [0.5, 0.6) is 0 Å². The summed E-state index contributed by atoms with van der Waals surface area (Å²) in [6.45, 7) is 6.24. The van der Waals surface area contributed by atoms with E-state index in [-0.39, 0.29) is 34.1 Å². The van der Waals surface area contributed by atoms with Gasteiger partial charge in [0.05, 0.1) is 6.61 Å². The summed E-state index contributed by atoms with van der Waals surface area (Å²) in [6, 6.07) is -0.959. The molecule has 0 aliphatic carbocycles. The highest BCUT2D eigenvalue weighted by Gasteiger charge is 2.54. The summed E-state index contributed by atoms with van der Waals surface area (Å²) in [5.74, 6) is -1.89. The van der Waals surface area contributed by atoms with E-state index < -0.39 is 29.2 Å². The number of fused-ring (bicyclic) bond motifs is 1. The van der Waals surface area contributed by atoms with E-state index in [0.717, 1.165) is 37.4 Å². The number of aliphatic carboxylic acids is 1. The van der Waals surface area contributed by atoms with Gasteiger partial charge in [-0.2, -0.15) is 0 Å². The molecule has 1 unspecified atom stereocenters. The van der Waals surface area contributed by atoms with Gasteiger partial charge in [-0.05, 0) is 29.3 Å². The van der Waals surface area contributed by atoms with E-state index in [1.165, 1.54) is 35.5 Å². The number of anilines is 1. The average molecular weight is 696 g/mol. The number of aryl methyl sites for hydroxylation is 1. The third-order valence-electron chi connectivity index (χ3n) is 7.32. The van der Waals surface area contributed by atoms with Gasteiger partial charge >= 0.3 is 12.1 Å². The molecule has 21 heteroatoms. The van der Waals surface area contributed by atoms with Crippen molar-refractivity contribution in [2.45, 2.75) is 36.5 Å². The number of amides is 3. The van der Waals surface area contributed by atoms with Crippen molar-refractivity contribution in [2.24, 2.45) is 5.16 Å². The quantitative estimate of drug-likeness (QED) is 0.106. The molecule has 0 aromatic carbocycles. The summed E-state index contributed by atoms with van der Waals surface area (Å²) >= 11 is 3.76. The number of hydrogen-bond donors (Lipinski definition) is 3. The summed E-state index contributed by atoms with van der Waals surface area (Å²) in [4.78, 5) is 64.4. The van der Waals surface area contributed by atoms with E-state index in [9.17, 15) is 24.3 Å². The Morgan fingerprint density at radius 2 is 2.02 bits per heavy atom. The molecule has 0 radical (unpaired) electrons. The van der Waals surface area contributed by atoms with E-state index >= 15 is 0 Å². The minimum atomic E-state index is -1.23. The van der Waals surface area contributed by atoms with Crippen LogP contribution in [0.25, 0.3) is 0 Å². The van der Waals surface area contributed by atoms with Gasteiger partial charge in [0.25, 0.3) is 11.8 Å². The summed E-state index contributed by atoms with van der Waals surface area (Å²) in [5, 5.41) is 30.1. The first kappa shape index (κ1) is 33.4. The van der Waals surface area contributed by atoms with Gasteiger partial charge in [-0.1, -0.05) is 16.9 Å². The number of rotatable bonds is 13. The number of carboxylic acids is 1. The molecule has 46 heavy (non-hydrogen) atoms. The number of nitrogens with zero attached hydrogens (tertiary/aromatic N) is 9. The number of nitrogen functional groups attached to an aromatic ring is 1. The molecule has 5 rings (SSSR count). The third kappa shape index (κ3) is 7.37. The van der Waals surface area contributed by atoms with Gasteiger partial charge in [-0.15, -0.1) is 28.2 Å². The lowest BCUT2D eigenvalue weighted by atomic mass is 10.0. The number of thiazole rings is 1. The van der Waals surface area contributed by atoms with E-state index in [4.69, 9.17) is 15.3 Å². The lowest BCUT2D eigenvalue weighted by Crippen LogP contribution is -2.71. The molecular weight excluding hydrogens is 663 g/mol. The van der Waals surface area contributed by atoms with E-state index in [1.54, 1.807) is 21.9 Å². The van der Waals surface area contributed by atoms with Gasteiger partial charge < -0.3 is 30.6 Å². The molecule has 0 bridgehead atoms. The second kappa shape index (κ2) is 15.1. The van der Waals surface area contributed by atoms with Crippen LogP contribution in [0.1, 0.15) is 19.0 Å². The van der Waals surface area contributed by atoms with Crippen molar-refractivity contribution >= 4 is 69.6 Å². The fourth-order valence-corrected chi connectivity index (χ4v) is 8.04. The number of carbonyl (C=O) groups excluding carboxylic acids is 3. The Bertz CT molecular complexity index is 1520. The zero-order valence-electron chi connectivity index (χ0n) is 25.0. The number of piperazine rings is 1. The first-order chi connectivity index (χ1) is 22.2. The summed E-state index contributed by atoms with van der Waals surface area (Å²) in [7, 11) is 1.27. The number of carboxylic acid groups (broad SMARTS) is 1. The Morgan fingerprint density at radius 1 is 1.24 bits per heavy atom. The Kier molecular flexibility index (Phi) is 11.0. The van der Waals surface area contributed by atoms with Crippen molar-refractivity contribution in [3.63, 3.8) is 0 Å². The SMILES string of the molecule is CCOC(=O)N1CCN(CCCn2nnnc2SCC2=C(C(=O)O)N3C(=O)C(NC(=O)C(=NOC)c4csc(N)n4)[C@H]3SC2)CC1. The van der Waals surface area contributed by atoms with Crippen LogP contribution < -0.4 is 11.1 Å². The van der Waals surface area contributed by atoms with Crippen molar-refractivity contribution in [3.05, 3.63) is 22.3 Å². The minimum Gasteiger partial charge on any atom is -0.477 e. The number of ether oxygens (including phenoxy) is 1. The van der Waals surface area contributed by atoms with Gasteiger partial charge in [0.15, 0.2) is 10.8 Å². The number of aromatic nitrogens is 5. The van der Waals surface area contributed by atoms with Crippen LogP contribution in [0.15, 0.2) is 27.0 Å². The maximum atomic E-state index is 13.2. The number of nitrogens with two attached hydrogens (primary N) is 1. The van der Waals surface area contributed by atoms with Gasteiger partial charge in [-0.3, -0.25) is 19.4 Å². The average Bonchev–Trinajstić information content (AvgIpc) is 3.69. The molecule has 2 fully saturated rings. The highest BCUT2D eigenvalue weighted by atomic mass is 32.2. The highest BCUT2D eigenvalue weighted by Crippen LogP contribution is 2.41. The molecule has 4 N–H and O–H groups in total. The molecule has 3 aliphatic heterocycles. The topological polar surface area (TPSA) is 224 Å². The molecule has 18 nitrogen and oxygen atoms in total. The number of hydrogen-bond acceptors (Lipinski definition) is 16. The van der Waals surface area contributed by atoms with Gasteiger partial charge in [0, 0.05) is 56.2 Å². The lowest BCUT2D eigenvalue weighted by molar-refractivity contribution is -0.150. The Balaban J connectivity index is 1.15. The molecule has 2 saturated heterocycles. The van der Waals surface area contributed by atoms with Gasteiger partial charge in [0.2, 0.25) is 5.16 Å². The molecule has 2 atom stereocenters. The molecule has 3 aliphatic rings. The monoisotopic (exact) mass is 695 g/mol. The predicted molar refractivity (Wildman–Crippen MR) is 168 cm³/mol. The van der Waals surface area contributed by atoms with Crippen LogP contribution in [0, 0.1) is 0 Å². The van der Waals surface area contributed by atoms with Crippen LogP contribution in [0.3, 0.4) is 0 Å². The molecule has 3 amide bonds. The zero-order chi connectivity index (χ0) is 32.8. The Hall–Kier alpha value is -3.95. The number of carbonyl (C=O) groups is 4. The number of β-lactam (4-membered cyclic amide) rings is 1. The Morgan fingerprint density at radius 3 is 2.70 bits per heavy atom. The summed E-state index contributed by atoms with van der Waals surface area (Å²) in [6.07, 6.45) is 0.497. The van der Waals surface area contributed by atoms with Crippen LogP contribution in [-0.2, 0) is 30.5 Å². The second-order valence-corrected chi connectivity index (χ2v) is 13.1. The first-order valence-electron chi connectivity index (χ1n) is 14.3. The Labute approximate surface area is 275 Å². The van der Waals surface area contributed by atoms with Crippen molar-refractivity contribution in [1.82, 2.24) is 45.2 Å². The van der Waals surface area contributed by atoms with Crippen LogP contribution in [0.4, 0.5) is 9.93 Å². The number of tetrazole rings is 1. The van der Waals surface area contributed by atoms with E-state index in [1.807, 2.05) is 0 Å². The smallest absolute Gasteiger partial charge is 0.409 e. The van der Waals surface area contributed by atoms with Crippen molar-refractivity contribution in [1.29, 1.82) is 0 Å². The summed E-state index contributed by atoms with van der Waals surface area (Å²) < 4.78 is 6.75. The molecule has 248 valence electrons. The minimum absolute atomic E-state index is 0.106. The number of oxime groups is 1. The molecule has 0 saturated carbocycles. The molecule has 5 heterocycles. The molecule has 0 spiro atoms. The number of thioether (sulfide) groups is 2. The number of nitrogens with one attached hydrogen (secondary N) is 1. The maximum absolute atomic E-state index is 13.2. The van der Waals surface area contributed by atoms with Crippen molar-refractivity contribution in [3.8, 4) is 0 Å². The standard InChI is InChI=1S/C25H33N11O7S3/c1-3-43-25(41)34-9-7-33(8-10-34)5-4-6-35-24(29-31-32-35)46-12-14-11-44-21-17(20(38)36(21)18(14)22(39)40)28-19(37)16(30-42-2)15-13-45-23(26)27-15/h13,17,21H,3-12H2,1-2H3,(H2,26,27)(H,28,37)(H,39,40)/t17?,21-/m1/s1. The van der Waals surface area contributed by atoms with Crippen LogP contribution in [0.2, 0.25) is 0 Å². The zero-order valence-corrected chi connectivity index (χ0v) is 27.5. The van der Waals surface area contributed by atoms with Crippen molar-refractivity contribution < 1.29 is 33.9 Å². The lowest BCUT2D eigenvalue weighted by Gasteiger charge is -2.49. The third-order valence-corrected chi connectivity index (χ3v) is 10.4. The van der Waals surface area contributed by atoms with Crippen molar-refractivity contribution in [2.75, 3.05) is 63.7 Å². The van der Waals surface area contributed by atoms with Crippen LogP contribution >= 0.6 is 34.9 Å². The highest BCUT2D eigenvalue weighted by molar-refractivity contribution is 8.01. The predicted octanol–water partition coefficient (Wildman–Crippen LogP) is -0.243.